The van der Waals surface area contributed by atoms with Gasteiger partial charge in [-0.2, -0.15) is 0 Å². The molecule has 0 radical (unpaired) electrons. The summed E-state index contributed by atoms with van der Waals surface area (Å²) in [6.45, 7) is 2.41. The molecule has 0 heterocycles. The fraction of sp³-hybridized carbons (Fsp3) is 0.158. The third kappa shape index (κ3) is 4.71. The van der Waals surface area contributed by atoms with Gasteiger partial charge in [-0.25, -0.2) is 4.79 Å². The first-order valence-electron chi connectivity index (χ1n) is 7.54. The van der Waals surface area contributed by atoms with Gasteiger partial charge < -0.3 is 14.7 Å². The number of phenols is 1. The molecule has 0 aliphatic carbocycles. The average molecular weight is 325 g/mol. The third-order valence-electron chi connectivity index (χ3n) is 3.41. The zero-order valence-corrected chi connectivity index (χ0v) is 13.6. The van der Waals surface area contributed by atoms with Crippen molar-refractivity contribution in [1.29, 1.82) is 0 Å². The number of rotatable bonds is 5. The van der Waals surface area contributed by atoms with Crippen LogP contribution in [0.5, 0.6) is 11.5 Å². The fourth-order valence-corrected chi connectivity index (χ4v) is 1.92. The van der Waals surface area contributed by atoms with Crippen LogP contribution in [0, 0.1) is 0 Å². The van der Waals surface area contributed by atoms with Crippen molar-refractivity contribution in [2.45, 2.75) is 6.92 Å². The lowest BCUT2D eigenvalue weighted by Crippen LogP contribution is -2.29. The lowest BCUT2D eigenvalue weighted by molar-refractivity contribution is 0.104. The van der Waals surface area contributed by atoms with Gasteiger partial charge in [-0.1, -0.05) is 30.3 Å². The number of allylic oxidation sites excluding steroid dienone is 1. The van der Waals surface area contributed by atoms with E-state index in [1.807, 2.05) is 6.92 Å². The Hall–Kier alpha value is -3.08. The van der Waals surface area contributed by atoms with Crippen molar-refractivity contribution in [2.24, 2.45) is 0 Å². The number of phenolic OH excluding ortho intramolecular Hbond substituents is 1. The summed E-state index contributed by atoms with van der Waals surface area (Å²) in [5, 5.41) is 9.40. The highest BCUT2D eigenvalue weighted by Gasteiger charge is 2.09. The quantitative estimate of drug-likeness (QED) is 0.672. The van der Waals surface area contributed by atoms with E-state index >= 15 is 0 Å². The molecule has 1 amide bonds. The minimum absolute atomic E-state index is 0.0446. The Bertz CT molecular complexity index is 767. The van der Waals surface area contributed by atoms with E-state index in [2.05, 4.69) is 0 Å². The number of aromatic hydroxyl groups is 1. The first-order valence-corrected chi connectivity index (χ1v) is 7.54. The van der Waals surface area contributed by atoms with E-state index in [0.29, 0.717) is 17.9 Å². The summed E-state index contributed by atoms with van der Waals surface area (Å²) >= 11 is 0. The predicted molar refractivity (Wildman–Crippen MR) is 92.2 cm³/mol. The Morgan fingerprint density at radius 2 is 1.92 bits per heavy atom. The van der Waals surface area contributed by atoms with Gasteiger partial charge >= 0.3 is 6.09 Å². The Balaban J connectivity index is 2.08. The number of hydrogen-bond donors (Lipinski definition) is 1. The lowest BCUT2D eigenvalue weighted by atomic mass is 10.1. The van der Waals surface area contributed by atoms with Gasteiger partial charge in [0.15, 0.2) is 5.78 Å². The molecule has 124 valence electrons. The van der Waals surface area contributed by atoms with Gasteiger partial charge in [-0.05, 0) is 42.8 Å². The highest BCUT2D eigenvalue weighted by molar-refractivity contribution is 6.07. The zero-order chi connectivity index (χ0) is 17.5. The van der Waals surface area contributed by atoms with Crippen molar-refractivity contribution < 1.29 is 19.4 Å². The third-order valence-corrected chi connectivity index (χ3v) is 3.41. The number of carbonyl (C=O) groups is 2. The summed E-state index contributed by atoms with van der Waals surface area (Å²) in [6, 6.07) is 13.0. The van der Waals surface area contributed by atoms with Crippen molar-refractivity contribution in [1.82, 2.24) is 4.90 Å². The summed E-state index contributed by atoms with van der Waals surface area (Å²) in [4.78, 5) is 25.3. The maximum absolute atomic E-state index is 12.1. The molecule has 0 aromatic heterocycles. The highest BCUT2D eigenvalue weighted by Crippen LogP contribution is 2.17. The van der Waals surface area contributed by atoms with Crippen molar-refractivity contribution >= 4 is 18.0 Å². The van der Waals surface area contributed by atoms with Crippen LogP contribution in [0.4, 0.5) is 4.79 Å². The van der Waals surface area contributed by atoms with E-state index in [0.717, 1.165) is 5.56 Å². The topological polar surface area (TPSA) is 66.8 Å². The fourth-order valence-electron chi connectivity index (χ4n) is 1.92. The molecule has 2 rings (SSSR count). The van der Waals surface area contributed by atoms with E-state index in [4.69, 9.17) is 4.74 Å². The minimum atomic E-state index is -0.436. The number of carbonyl (C=O) groups excluding carboxylic acids is 2. The lowest BCUT2D eigenvalue weighted by Gasteiger charge is -2.14. The Labute approximate surface area is 140 Å². The number of ketones is 1. The van der Waals surface area contributed by atoms with Crippen LogP contribution >= 0.6 is 0 Å². The number of nitrogens with zero attached hydrogens (tertiary/aromatic N) is 1. The highest BCUT2D eigenvalue weighted by atomic mass is 16.6. The summed E-state index contributed by atoms with van der Waals surface area (Å²) in [5.74, 6) is 0.231. The molecule has 1 N–H and O–H groups in total. The normalized spacial score (nSPS) is 10.6. The molecular weight excluding hydrogens is 306 g/mol. The van der Waals surface area contributed by atoms with E-state index in [1.54, 1.807) is 49.5 Å². The van der Waals surface area contributed by atoms with Crippen molar-refractivity contribution in [2.75, 3.05) is 13.6 Å². The van der Waals surface area contributed by atoms with E-state index in [1.165, 1.54) is 23.1 Å². The Morgan fingerprint density at radius 3 is 2.62 bits per heavy atom. The first-order chi connectivity index (χ1) is 11.5. The molecule has 2 aromatic carbocycles. The molecule has 24 heavy (non-hydrogen) atoms. The zero-order valence-electron chi connectivity index (χ0n) is 13.6. The summed E-state index contributed by atoms with van der Waals surface area (Å²) in [7, 11) is 1.65. The molecule has 0 spiro atoms. The molecule has 2 aromatic rings. The van der Waals surface area contributed by atoms with Crippen LogP contribution in [0.2, 0.25) is 0 Å². The molecule has 0 aliphatic rings. The SMILES string of the molecule is CCN(C)C(=O)Oc1cccc(/C=C/C(=O)c2cccc(O)c2)c1. The second kappa shape index (κ2) is 7.97. The average Bonchev–Trinajstić information content (AvgIpc) is 2.59. The minimum Gasteiger partial charge on any atom is -0.508 e. The summed E-state index contributed by atoms with van der Waals surface area (Å²) < 4.78 is 5.25. The van der Waals surface area contributed by atoms with Gasteiger partial charge in [0.2, 0.25) is 0 Å². The molecule has 0 fully saturated rings. The molecule has 5 nitrogen and oxygen atoms in total. The molecular formula is C19H19NO4. The monoisotopic (exact) mass is 325 g/mol. The maximum atomic E-state index is 12.1. The molecule has 0 atom stereocenters. The van der Waals surface area contributed by atoms with Crippen molar-refractivity contribution in [3.8, 4) is 11.5 Å². The van der Waals surface area contributed by atoms with E-state index in [-0.39, 0.29) is 11.5 Å². The number of ether oxygens (including phenoxy) is 1. The predicted octanol–water partition coefficient (Wildman–Crippen LogP) is 3.74. The number of hydrogen-bond acceptors (Lipinski definition) is 4. The second-order valence-corrected chi connectivity index (χ2v) is 5.20. The standard InChI is InChI=1S/C19H19NO4/c1-3-20(2)19(23)24-17-9-4-6-14(12-17)10-11-18(22)15-7-5-8-16(21)13-15/h4-13,21H,3H2,1-2H3/b11-10+. The number of benzene rings is 2. The largest absolute Gasteiger partial charge is 0.508 e. The molecule has 0 saturated heterocycles. The van der Waals surface area contributed by atoms with Crippen molar-refractivity contribution in [3.63, 3.8) is 0 Å². The van der Waals surface area contributed by atoms with Crippen LogP contribution in [0.15, 0.2) is 54.6 Å². The van der Waals surface area contributed by atoms with Crippen LogP contribution < -0.4 is 4.74 Å². The van der Waals surface area contributed by atoms with Crippen LogP contribution in [0.25, 0.3) is 6.08 Å². The Morgan fingerprint density at radius 1 is 1.17 bits per heavy atom. The second-order valence-electron chi connectivity index (χ2n) is 5.20. The van der Waals surface area contributed by atoms with Crippen LogP contribution in [0.1, 0.15) is 22.8 Å². The van der Waals surface area contributed by atoms with Gasteiger partial charge in [0.05, 0.1) is 0 Å². The van der Waals surface area contributed by atoms with Crippen LogP contribution in [-0.4, -0.2) is 35.5 Å². The van der Waals surface area contributed by atoms with Gasteiger partial charge in [0.25, 0.3) is 0 Å². The van der Waals surface area contributed by atoms with Gasteiger partial charge in [-0.15, -0.1) is 0 Å². The molecule has 5 heteroatoms. The van der Waals surface area contributed by atoms with Crippen LogP contribution in [-0.2, 0) is 0 Å². The molecule has 0 unspecified atom stereocenters. The van der Waals surface area contributed by atoms with Gasteiger partial charge in [-0.3, -0.25) is 4.79 Å². The van der Waals surface area contributed by atoms with Crippen molar-refractivity contribution in [3.05, 3.63) is 65.7 Å². The Kier molecular flexibility index (Phi) is 5.73. The van der Waals surface area contributed by atoms with E-state index in [9.17, 15) is 14.7 Å². The first kappa shape index (κ1) is 17.3. The summed E-state index contributed by atoms with van der Waals surface area (Å²) in [6.07, 6.45) is 2.61. The molecule has 0 saturated carbocycles. The smallest absolute Gasteiger partial charge is 0.414 e. The van der Waals surface area contributed by atoms with Crippen LogP contribution in [0.3, 0.4) is 0 Å². The van der Waals surface area contributed by atoms with E-state index < -0.39 is 6.09 Å². The summed E-state index contributed by atoms with van der Waals surface area (Å²) in [5.41, 5.74) is 1.13. The maximum Gasteiger partial charge on any atom is 0.414 e. The molecule has 0 bridgehead atoms. The van der Waals surface area contributed by atoms with Gasteiger partial charge in [0.1, 0.15) is 11.5 Å². The number of amides is 1. The molecule has 0 aliphatic heterocycles. The van der Waals surface area contributed by atoms with Gasteiger partial charge in [0, 0.05) is 19.2 Å².